The van der Waals surface area contributed by atoms with E-state index in [1.165, 1.54) is 47.3 Å². The van der Waals surface area contributed by atoms with Crippen molar-refractivity contribution in [1.82, 2.24) is 0 Å². The van der Waals surface area contributed by atoms with E-state index < -0.39 is 0 Å². The first-order valence-corrected chi connectivity index (χ1v) is 37.5. The van der Waals surface area contributed by atoms with Crippen molar-refractivity contribution < 1.29 is 37.9 Å². The molecule has 0 aromatic heterocycles. The van der Waals surface area contributed by atoms with Gasteiger partial charge in [-0.1, -0.05) is 164 Å². The molecule has 6 nitrogen and oxygen atoms in total. The monoisotopic (exact) mass is 1240 g/mol. The van der Waals surface area contributed by atoms with Crippen LogP contribution in [0.4, 0.5) is 0 Å². The molecule has 11 unspecified atom stereocenters. The first-order valence-electron chi connectivity index (χ1n) is 28.5. The van der Waals surface area contributed by atoms with Crippen molar-refractivity contribution in [2.24, 2.45) is 47.3 Å². The fraction of sp³-hybridized carbons (Fsp3) is 0.705. The molecule has 9 aliphatic rings. The zero-order chi connectivity index (χ0) is 52.4. The number of halogens is 2. The Morgan fingerprint density at radius 2 is 0.571 bits per heavy atom. The minimum atomic E-state index is 0.343. The van der Waals surface area contributed by atoms with Gasteiger partial charge in [0.25, 0.3) is 0 Å². The Bertz CT molecular complexity index is 1320. The summed E-state index contributed by atoms with van der Waals surface area (Å²) in [5.41, 5.74) is 0. The Kier molecular flexibility index (Phi) is 45.8. The van der Waals surface area contributed by atoms with Gasteiger partial charge >= 0.3 is 49.4 Å². The molecule has 11 atom stereocenters. The summed E-state index contributed by atoms with van der Waals surface area (Å²) in [4.78, 5) is 0. The second-order valence-electron chi connectivity index (χ2n) is 17.0. The van der Waals surface area contributed by atoms with Crippen LogP contribution in [0.25, 0.3) is 0 Å². The molecule has 4 bridgehead atoms. The van der Waals surface area contributed by atoms with Gasteiger partial charge in [0.05, 0.1) is 19.8 Å². The van der Waals surface area contributed by atoms with E-state index in [0.29, 0.717) is 47.6 Å². The molecule has 9 heteroatoms. The molecule has 0 radical (unpaired) electrons. The van der Waals surface area contributed by atoms with Crippen LogP contribution in [0.5, 0.6) is 17.2 Å². The predicted octanol–water partition coefficient (Wildman–Crippen LogP) is 19.0. The molecule has 6 aliphatic carbocycles. The van der Waals surface area contributed by atoms with Gasteiger partial charge in [-0.2, -0.15) is 0 Å². The molecule has 3 saturated heterocycles. The number of rotatable bonds is 9. The van der Waals surface area contributed by atoms with E-state index in [1.807, 2.05) is 188 Å². The molecule has 0 spiro atoms. The number of hydrogen-bond acceptors (Lipinski definition) is 6. The Morgan fingerprint density at radius 3 is 0.757 bits per heavy atom. The third-order valence-corrected chi connectivity index (χ3v) is 13.4. The van der Waals surface area contributed by atoms with Crippen LogP contribution in [0.3, 0.4) is 0 Å². The second-order valence-corrected chi connectivity index (χ2v) is 28.8. The Labute approximate surface area is 461 Å². The maximum Gasteiger partial charge on any atom is 0.119 e. The Hall–Kier alpha value is -1.02. The third kappa shape index (κ3) is 28.6. The van der Waals surface area contributed by atoms with Crippen LogP contribution in [0.15, 0.2) is 91.0 Å². The number of epoxide rings is 3. The van der Waals surface area contributed by atoms with Crippen LogP contribution < -0.4 is 14.2 Å². The van der Waals surface area contributed by atoms with Crippen LogP contribution >= 0.6 is 40.0 Å². The van der Waals surface area contributed by atoms with E-state index in [0.717, 1.165) is 37.1 Å². The van der Waals surface area contributed by atoms with Crippen molar-refractivity contribution >= 4 is 40.0 Å². The summed E-state index contributed by atoms with van der Waals surface area (Å²) < 4.78 is 31.2. The minimum Gasteiger partial charge on any atom is -0.491 e. The zero-order valence-electron chi connectivity index (χ0n) is 46.9. The fourth-order valence-electron chi connectivity index (χ4n) is 10.6. The summed E-state index contributed by atoms with van der Waals surface area (Å²) in [5, 5.41) is 0. The van der Waals surface area contributed by atoms with Crippen LogP contribution in [0.1, 0.15) is 174 Å². The quantitative estimate of drug-likeness (QED) is 0.157. The SMILES string of the molecule is C1CC2C3CCC(C3)C2C1.C1CC2C3CCC(C3)C2C1.CC.CC.CC.CC.CC.CC.CC.[I][V][I].c1ccc(OCC2CO2)cc1.c1ccc(OCC2CO2)cc1.c1ccc(OCC2CO2)cc1. The van der Waals surface area contributed by atoms with Gasteiger partial charge in [-0.05, 0) is 148 Å². The maximum atomic E-state index is 5.40. The molecule has 3 aliphatic heterocycles. The Morgan fingerprint density at radius 1 is 0.371 bits per heavy atom. The first kappa shape index (κ1) is 69.0. The predicted molar refractivity (Wildman–Crippen MR) is 316 cm³/mol. The molecule has 3 aromatic carbocycles. The molecule has 6 saturated carbocycles. The van der Waals surface area contributed by atoms with Gasteiger partial charge in [0.1, 0.15) is 55.4 Å². The van der Waals surface area contributed by atoms with E-state index in [4.69, 9.17) is 28.4 Å². The summed E-state index contributed by atoms with van der Waals surface area (Å²) >= 11 is 4.74. The largest absolute Gasteiger partial charge is 0.491 e. The van der Waals surface area contributed by atoms with Gasteiger partial charge in [0.2, 0.25) is 0 Å². The molecule has 0 N–H and O–H groups in total. The number of hydrogen-bond donors (Lipinski definition) is 0. The number of para-hydroxylation sites is 3. The van der Waals surface area contributed by atoms with Crippen molar-refractivity contribution in [2.45, 2.75) is 192 Å². The van der Waals surface area contributed by atoms with Crippen molar-refractivity contribution in [2.75, 3.05) is 39.6 Å². The van der Waals surface area contributed by atoms with E-state index in [-0.39, 0.29) is 0 Å². The molecule has 0 amide bonds. The van der Waals surface area contributed by atoms with Gasteiger partial charge < -0.3 is 28.4 Å². The summed E-state index contributed by atoms with van der Waals surface area (Å²) in [6.45, 7) is 32.6. The molecule has 3 aromatic rings. The second kappa shape index (κ2) is 46.5. The average molecular weight is 1240 g/mol. The molecule has 70 heavy (non-hydrogen) atoms. The van der Waals surface area contributed by atoms with Gasteiger partial charge in [0, 0.05) is 0 Å². The van der Waals surface area contributed by atoms with Crippen LogP contribution in [-0.4, -0.2) is 58.0 Å². The van der Waals surface area contributed by atoms with E-state index >= 15 is 0 Å². The van der Waals surface area contributed by atoms with Crippen molar-refractivity contribution in [3.63, 3.8) is 0 Å². The Balaban J connectivity index is 0.000000789. The molecule has 3 heterocycles. The summed E-state index contributed by atoms with van der Waals surface area (Å²) in [6, 6.07) is 29.4. The first-order chi connectivity index (χ1) is 34.7. The van der Waals surface area contributed by atoms with Gasteiger partial charge in [-0.25, -0.2) is 0 Å². The summed E-state index contributed by atoms with van der Waals surface area (Å²) in [6.07, 6.45) is 20.1. The van der Waals surface area contributed by atoms with E-state index in [1.54, 1.807) is 77.0 Å². The van der Waals surface area contributed by atoms with Crippen molar-refractivity contribution in [3.8, 4) is 17.2 Å². The number of benzene rings is 3. The third-order valence-electron chi connectivity index (χ3n) is 13.4. The fourth-order valence-corrected chi connectivity index (χ4v) is 10.6. The topological polar surface area (TPSA) is 65.3 Å². The maximum absolute atomic E-state index is 5.40. The van der Waals surface area contributed by atoms with Crippen LogP contribution in [0, 0.1) is 47.3 Å². The molecule has 403 valence electrons. The van der Waals surface area contributed by atoms with Crippen LogP contribution in [-0.2, 0) is 23.7 Å². The molecule has 12 rings (SSSR count). The summed E-state index contributed by atoms with van der Waals surface area (Å²) in [7, 11) is 0.628. The van der Waals surface area contributed by atoms with E-state index in [9.17, 15) is 0 Å². The average Bonchev–Trinajstić information content (AvgIpc) is 4.36. The van der Waals surface area contributed by atoms with Crippen LogP contribution in [0.2, 0.25) is 0 Å². The molecular weight excluding hydrogens is 1130 g/mol. The molecule has 9 fully saturated rings. The zero-order valence-corrected chi connectivity index (χ0v) is 52.6. The van der Waals surface area contributed by atoms with Gasteiger partial charge in [0.15, 0.2) is 0 Å². The standard InChI is InChI=1S/2C10H16.3C9H10O2.7C2H6.2HI.V/c2*1-2-9-7-4-5-8(6-7)10(9)3-1;3*1-2-4-8(5-3-1)10-6-9-7-11-9;7*1-2;;;/h2*7-10H,1-6H2;3*1-5,9H,6-7H2;7*1-2H3;2*1H;/q;;;;;;;;;;;;;;+2/p-2. The number of fused-ring (bicyclic) bond motifs is 10. The number of ether oxygens (including phenoxy) is 6. The summed E-state index contributed by atoms with van der Waals surface area (Å²) in [5.74, 6) is 12.4. The van der Waals surface area contributed by atoms with Crippen molar-refractivity contribution in [3.05, 3.63) is 91.0 Å². The molecular formula is C61H104I2O6V. The normalized spacial score (nSPS) is 27.3. The van der Waals surface area contributed by atoms with Gasteiger partial charge in [-0.15, -0.1) is 0 Å². The van der Waals surface area contributed by atoms with Gasteiger partial charge in [-0.3, -0.25) is 0 Å². The minimum absolute atomic E-state index is 0.343. The van der Waals surface area contributed by atoms with E-state index in [2.05, 4.69) is 40.0 Å². The van der Waals surface area contributed by atoms with Crippen molar-refractivity contribution in [1.29, 1.82) is 0 Å². The smallest absolute Gasteiger partial charge is 0.119 e.